The molecule has 2 heterocycles. The van der Waals surface area contributed by atoms with Crippen molar-refractivity contribution < 1.29 is 4.74 Å². The van der Waals surface area contributed by atoms with E-state index in [9.17, 15) is 0 Å². The molecule has 2 unspecified atom stereocenters. The van der Waals surface area contributed by atoms with Crippen molar-refractivity contribution in [3.05, 3.63) is 17.0 Å². The number of nitrogens with zero attached hydrogens (tertiary/aromatic N) is 2. The van der Waals surface area contributed by atoms with Gasteiger partial charge in [0.05, 0.1) is 18.3 Å². The van der Waals surface area contributed by atoms with Crippen LogP contribution in [0, 0.1) is 13.8 Å². The van der Waals surface area contributed by atoms with E-state index in [1.165, 1.54) is 11.3 Å². The minimum absolute atomic E-state index is 0.434. The van der Waals surface area contributed by atoms with Crippen LogP contribution in [0.5, 0.6) is 0 Å². The highest BCUT2D eigenvalue weighted by atomic mass is 16.5. The molecule has 17 heavy (non-hydrogen) atoms. The van der Waals surface area contributed by atoms with E-state index in [-0.39, 0.29) is 0 Å². The summed E-state index contributed by atoms with van der Waals surface area (Å²) in [5.41, 5.74) is 3.86. The van der Waals surface area contributed by atoms with Crippen LogP contribution in [0.2, 0.25) is 0 Å². The van der Waals surface area contributed by atoms with Gasteiger partial charge >= 0.3 is 0 Å². The van der Waals surface area contributed by atoms with Crippen LogP contribution in [0.25, 0.3) is 0 Å². The fraction of sp³-hybridized carbons (Fsp3) is 0.769. The molecule has 0 spiro atoms. The van der Waals surface area contributed by atoms with Gasteiger partial charge in [-0.3, -0.25) is 4.68 Å². The molecule has 0 aromatic carbocycles. The molecule has 4 nitrogen and oxygen atoms in total. The molecule has 1 fully saturated rings. The predicted octanol–water partition coefficient (Wildman–Crippen LogP) is 1.78. The molecule has 1 aliphatic heterocycles. The van der Waals surface area contributed by atoms with E-state index < -0.39 is 0 Å². The summed E-state index contributed by atoms with van der Waals surface area (Å²) in [7, 11) is 2.00. The molecule has 0 bridgehead atoms. The lowest BCUT2D eigenvalue weighted by Crippen LogP contribution is -2.16. The van der Waals surface area contributed by atoms with Gasteiger partial charge in [0.15, 0.2) is 0 Å². The van der Waals surface area contributed by atoms with E-state index in [0.717, 1.165) is 31.9 Å². The number of hydrogen-bond acceptors (Lipinski definition) is 3. The number of likely N-dealkylation sites (N-methyl/N-ethyl adjacent to an activating group) is 1. The third-order valence-electron chi connectivity index (χ3n) is 3.64. The zero-order chi connectivity index (χ0) is 12.4. The lowest BCUT2D eigenvalue weighted by atomic mass is 9.99. The van der Waals surface area contributed by atoms with Gasteiger partial charge in [0.2, 0.25) is 0 Å². The normalized spacial score (nSPS) is 22.0. The molecular weight excluding hydrogens is 214 g/mol. The molecule has 0 saturated carbocycles. The molecule has 96 valence electrons. The third kappa shape index (κ3) is 2.38. The van der Waals surface area contributed by atoms with Gasteiger partial charge in [-0.2, -0.15) is 5.10 Å². The summed E-state index contributed by atoms with van der Waals surface area (Å²) in [5.74, 6) is 0.510. The molecule has 2 rings (SSSR count). The van der Waals surface area contributed by atoms with Crippen LogP contribution in [0.4, 0.5) is 0 Å². The lowest BCUT2D eigenvalue weighted by Gasteiger charge is -2.14. The smallest absolute Gasteiger partial charge is 0.0777 e. The Kier molecular flexibility index (Phi) is 3.84. The van der Waals surface area contributed by atoms with Crippen LogP contribution in [0.15, 0.2) is 0 Å². The van der Waals surface area contributed by atoms with Crippen LogP contribution in [0.1, 0.15) is 42.3 Å². The first-order valence-corrected chi connectivity index (χ1v) is 6.43. The van der Waals surface area contributed by atoms with Crippen LogP contribution in [-0.4, -0.2) is 36.6 Å². The average molecular weight is 237 g/mol. The minimum Gasteiger partial charge on any atom is -0.379 e. The first-order valence-electron chi connectivity index (χ1n) is 6.43. The van der Waals surface area contributed by atoms with E-state index in [1.807, 2.05) is 7.05 Å². The summed E-state index contributed by atoms with van der Waals surface area (Å²) in [5, 5.41) is 7.94. The van der Waals surface area contributed by atoms with Gasteiger partial charge in [-0.15, -0.1) is 0 Å². The maximum absolute atomic E-state index is 5.45. The first kappa shape index (κ1) is 12.6. The van der Waals surface area contributed by atoms with Gasteiger partial charge in [0.1, 0.15) is 0 Å². The fourth-order valence-electron chi connectivity index (χ4n) is 2.87. The highest BCUT2D eigenvalue weighted by molar-refractivity contribution is 5.29. The molecule has 0 radical (unpaired) electrons. The van der Waals surface area contributed by atoms with Gasteiger partial charge in [-0.1, -0.05) is 6.92 Å². The van der Waals surface area contributed by atoms with Gasteiger partial charge in [0.25, 0.3) is 0 Å². The number of aromatic nitrogens is 2. The lowest BCUT2D eigenvalue weighted by molar-refractivity contribution is 0.184. The summed E-state index contributed by atoms with van der Waals surface area (Å²) in [6.07, 6.45) is 1.09. The Morgan fingerprint density at radius 1 is 1.53 bits per heavy atom. The Morgan fingerprint density at radius 3 is 2.88 bits per heavy atom. The summed E-state index contributed by atoms with van der Waals surface area (Å²) >= 11 is 0. The number of nitrogens with one attached hydrogen (secondary N) is 1. The van der Waals surface area contributed by atoms with Crippen molar-refractivity contribution in [3.8, 4) is 0 Å². The maximum Gasteiger partial charge on any atom is 0.0777 e. The minimum atomic E-state index is 0.434. The Labute approximate surface area is 103 Å². The second-order valence-corrected chi connectivity index (χ2v) is 5.01. The SMILES string of the molecule is CNCC(C)c1c(C)nn(C2CCOC2)c1C. The van der Waals surface area contributed by atoms with Crippen LogP contribution in [-0.2, 0) is 4.74 Å². The molecule has 0 amide bonds. The molecule has 2 atom stereocenters. The molecular formula is C13H23N3O. The molecule has 1 aliphatic rings. The topological polar surface area (TPSA) is 39.1 Å². The Morgan fingerprint density at radius 2 is 2.29 bits per heavy atom. The third-order valence-corrected chi connectivity index (χ3v) is 3.64. The van der Waals surface area contributed by atoms with E-state index in [2.05, 4.69) is 30.8 Å². The van der Waals surface area contributed by atoms with Crippen molar-refractivity contribution in [1.82, 2.24) is 15.1 Å². The summed E-state index contributed by atoms with van der Waals surface area (Å²) in [6, 6.07) is 0.434. The molecule has 4 heteroatoms. The van der Waals surface area contributed by atoms with Crippen LogP contribution >= 0.6 is 0 Å². The standard InChI is InChI=1S/C13H23N3O/c1-9(7-14-4)13-10(2)15-16(11(13)3)12-5-6-17-8-12/h9,12,14H,5-8H2,1-4H3. The van der Waals surface area contributed by atoms with Crippen molar-refractivity contribution in [2.24, 2.45) is 0 Å². The highest BCUT2D eigenvalue weighted by Gasteiger charge is 2.24. The van der Waals surface area contributed by atoms with E-state index in [1.54, 1.807) is 0 Å². The van der Waals surface area contributed by atoms with Crippen molar-refractivity contribution in [1.29, 1.82) is 0 Å². The molecule has 1 saturated heterocycles. The van der Waals surface area contributed by atoms with Gasteiger partial charge in [-0.25, -0.2) is 0 Å². The first-order chi connectivity index (χ1) is 8.15. The van der Waals surface area contributed by atoms with Crippen molar-refractivity contribution in [3.63, 3.8) is 0 Å². The van der Waals surface area contributed by atoms with Gasteiger partial charge < -0.3 is 10.1 Å². The summed E-state index contributed by atoms with van der Waals surface area (Å²) in [6.45, 7) is 9.21. The summed E-state index contributed by atoms with van der Waals surface area (Å²) < 4.78 is 7.62. The number of rotatable bonds is 4. The van der Waals surface area contributed by atoms with Crippen LogP contribution < -0.4 is 5.32 Å². The Hall–Kier alpha value is -0.870. The molecule has 1 aromatic heterocycles. The molecule has 1 aromatic rings. The van der Waals surface area contributed by atoms with E-state index in [4.69, 9.17) is 9.84 Å². The number of hydrogen-bond donors (Lipinski definition) is 1. The highest BCUT2D eigenvalue weighted by Crippen LogP contribution is 2.27. The van der Waals surface area contributed by atoms with Crippen LogP contribution in [0.3, 0.4) is 0 Å². The Balaban J connectivity index is 2.27. The number of aryl methyl sites for hydroxylation is 1. The van der Waals surface area contributed by atoms with Gasteiger partial charge in [0, 0.05) is 24.4 Å². The fourth-order valence-corrected chi connectivity index (χ4v) is 2.87. The largest absolute Gasteiger partial charge is 0.379 e. The second-order valence-electron chi connectivity index (χ2n) is 5.01. The van der Waals surface area contributed by atoms with E-state index in [0.29, 0.717) is 12.0 Å². The maximum atomic E-state index is 5.45. The van der Waals surface area contributed by atoms with Gasteiger partial charge in [-0.05, 0) is 33.2 Å². The molecule has 1 N–H and O–H groups in total. The predicted molar refractivity (Wildman–Crippen MR) is 68.5 cm³/mol. The summed E-state index contributed by atoms with van der Waals surface area (Å²) in [4.78, 5) is 0. The van der Waals surface area contributed by atoms with E-state index >= 15 is 0 Å². The molecule has 0 aliphatic carbocycles. The monoisotopic (exact) mass is 237 g/mol. The Bertz CT molecular complexity index is 380. The number of ether oxygens (including phenoxy) is 1. The second kappa shape index (κ2) is 5.19. The van der Waals surface area contributed by atoms with Crippen molar-refractivity contribution in [2.75, 3.05) is 26.8 Å². The quantitative estimate of drug-likeness (QED) is 0.867. The average Bonchev–Trinajstić information content (AvgIpc) is 2.87. The zero-order valence-electron chi connectivity index (χ0n) is 11.3. The zero-order valence-corrected chi connectivity index (χ0v) is 11.3. The van der Waals surface area contributed by atoms with Crippen molar-refractivity contribution in [2.45, 2.75) is 39.2 Å². The van der Waals surface area contributed by atoms with Crippen molar-refractivity contribution >= 4 is 0 Å².